The molecular weight excluding hydrogens is 660 g/mol. The molecule has 0 aromatic rings. The number of hydrogen-bond donors (Lipinski definition) is 4. The maximum Gasteiger partial charge on any atom is 0.315 e. The number of Topliss-reactive ketones (excluding diaryl/α,β-unsaturated/α-hetero) is 1. The predicted octanol–water partition coefficient (Wildman–Crippen LogP) is 4.04. The van der Waals surface area contributed by atoms with Gasteiger partial charge in [-0.2, -0.15) is 0 Å². The number of rotatable bonds is 11. The van der Waals surface area contributed by atoms with Crippen molar-refractivity contribution in [2.24, 2.45) is 33.3 Å². The minimum atomic E-state index is -1.06. The first-order chi connectivity index (χ1) is 24.3. The summed E-state index contributed by atoms with van der Waals surface area (Å²) in [6.45, 7) is 17.9. The fourth-order valence-electron chi connectivity index (χ4n) is 11.1. The zero-order valence-electron chi connectivity index (χ0n) is 33.0. The van der Waals surface area contributed by atoms with Crippen LogP contribution in [-0.4, -0.2) is 101 Å². The average Bonchev–Trinajstić information content (AvgIpc) is 3.24. The first kappa shape index (κ1) is 39.0. The summed E-state index contributed by atoms with van der Waals surface area (Å²) >= 11 is 0. The fraction of sp³-hybridized carbons (Fsp3) is 0.875. The lowest BCUT2D eigenvalue weighted by Gasteiger charge is -2.49. The first-order valence-corrected chi connectivity index (χ1v) is 20.1. The average molecular weight is 727 g/mol. The second kappa shape index (κ2) is 13.8. The molecule has 2 heterocycles. The monoisotopic (exact) mass is 727 g/mol. The van der Waals surface area contributed by atoms with Crippen LogP contribution in [0.25, 0.3) is 0 Å². The van der Waals surface area contributed by atoms with Gasteiger partial charge in [0.05, 0.1) is 24.8 Å². The summed E-state index contributed by atoms with van der Waals surface area (Å²) in [6.07, 6.45) is 12.0. The SMILES string of the molecule is CC(C)(C)[C@H](NC(=O)NC1(CN2CCOCC2(C)C)CCCCC1)C(=O)N1C[C@]2(C[C@H]1C(=O)NC(CC1CCC1)C(=O)C(N)=O)C(C)(C)C21CCC1. The maximum absolute atomic E-state index is 15.0. The van der Waals surface area contributed by atoms with Gasteiger partial charge in [0.15, 0.2) is 0 Å². The van der Waals surface area contributed by atoms with E-state index in [-0.39, 0.29) is 39.6 Å². The summed E-state index contributed by atoms with van der Waals surface area (Å²) in [5, 5.41) is 9.42. The van der Waals surface area contributed by atoms with Gasteiger partial charge in [0.25, 0.3) is 5.91 Å². The van der Waals surface area contributed by atoms with Crippen molar-refractivity contribution >= 4 is 29.5 Å². The van der Waals surface area contributed by atoms with Crippen molar-refractivity contribution in [2.45, 2.75) is 161 Å². The van der Waals surface area contributed by atoms with Crippen molar-refractivity contribution in [3.05, 3.63) is 0 Å². The molecule has 4 saturated carbocycles. The summed E-state index contributed by atoms with van der Waals surface area (Å²) in [6, 6.07) is -3.12. The van der Waals surface area contributed by atoms with Gasteiger partial charge in [0.1, 0.15) is 12.1 Å². The molecule has 12 heteroatoms. The number of nitrogens with one attached hydrogen (secondary N) is 3. The number of carbonyl (C=O) groups excluding carboxylic acids is 5. The molecule has 5 N–H and O–H groups in total. The zero-order valence-corrected chi connectivity index (χ0v) is 33.0. The minimum Gasteiger partial charge on any atom is -0.378 e. The van der Waals surface area contributed by atoms with Crippen LogP contribution in [-0.2, 0) is 23.9 Å². The minimum absolute atomic E-state index is 0.0601. The molecule has 5 amide bonds. The Morgan fingerprint density at radius 3 is 2.08 bits per heavy atom. The van der Waals surface area contributed by atoms with E-state index < -0.39 is 46.7 Å². The Bertz CT molecular complexity index is 1420. The molecular formula is C40H66N6O6. The zero-order chi connectivity index (χ0) is 37.9. The summed E-state index contributed by atoms with van der Waals surface area (Å²) in [5.74, 6) is -2.32. The van der Waals surface area contributed by atoms with E-state index in [0.717, 1.165) is 77.2 Å². The number of carbonyl (C=O) groups is 5. The number of ether oxygens (including phenoxy) is 1. The second-order valence-electron chi connectivity index (χ2n) is 19.7. The normalized spacial score (nSPS) is 30.1. The van der Waals surface area contributed by atoms with E-state index in [1.54, 1.807) is 4.90 Å². The molecule has 4 aliphatic carbocycles. The Morgan fingerprint density at radius 2 is 1.56 bits per heavy atom. The summed E-state index contributed by atoms with van der Waals surface area (Å²) < 4.78 is 5.78. The smallest absolute Gasteiger partial charge is 0.315 e. The highest BCUT2D eigenvalue weighted by molar-refractivity contribution is 6.37. The van der Waals surface area contributed by atoms with E-state index in [0.29, 0.717) is 39.1 Å². The molecule has 1 unspecified atom stereocenters. The molecule has 2 aliphatic heterocycles. The van der Waals surface area contributed by atoms with Gasteiger partial charge in [-0.15, -0.1) is 0 Å². The molecule has 6 rings (SSSR count). The highest BCUT2D eigenvalue weighted by Crippen LogP contribution is 2.88. The van der Waals surface area contributed by atoms with Crippen LogP contribution in [0.5, 0.6) is 0 Å². The summed E-state index contributed by atoms with van der Waals surface area (Å²) in [7, 11) is 0. The van der Waals surface area contributed by atoms with Crippen LogP contribution in [0.4, 0.5) is 4.79 Å². The van der Waals surface area contributed by atoms with E-state index >= 15 is 0 Å². The van der Waals surface area contributed by atoms with Gasteiger partial charge in [-0.05, 0) is 74.5 Å². The van der Waals surface area contributed by atoms with Gasteiger partial charge in [-0.3, -0.25) is 24.1 Å². The van der Waals surface area contributed by atoms with Crippen molar-refractivity contribution in [1.82, 2.24) is 25.8 Å². The van der Waals surface area contributed by atoms with Crippen LogP contribution in [0.1, 0.15) is 132 Å². The molecule has 6 fully saturated rings. The van der Waals surface area contributed by atoms with Crippen LogP contribution < -0.4 is 21.7 Å². The molecule has 0 aromatic carbocycles. The topological polar surface area (TPSA) is 163 Å². The Labute approximate surface area is 310 Å². The molecule has 2 spiro atoms. The van der Waals surface area contributed by atoms with E-state index in [4.69, 9.17) is 10.5 Å². The van der Waals surface area contributed by atoms with Crippen molar-refractivity contribution in [3.8, 4) is 0 Å². The molecule has 0 bridgehead atoms. The van der Waals surface area contributed by atoms with Gasteiger partial charge in [0.2, 0.25) is 17.6 Å². The summed E-state index contributed by atoms with van der Waals surface area (Å²) in [5.41, 5.74) is 3.94. The lowest BCUT2D eigenvalue weighted by atomic mass is 9.73. The fourth-order valence-corrected chi connectivity index (χ4v) is 11.1. The highest BCUT2D eigenvalue weighted by Gasteiger charge is 2.85. The van der Waals surface area contributed by atoms with Gasteiger partial charge in [-0.1, -0.05) is 79.6 Å². The van der Waals surface area contributed by atoms with Gasteiger partial charge < -0.3 is 31.3 Å². The number of primary amides is 1. The lowest BCUT2D eigenvalue weighted by molar-refractivity contribution is -0.143. The number of amides is 5. The Balaban J connectivity index is 1.24. The van der Waals surface area contributed by atoms with E-state index in [9.17, 15) is 24.0 Å². The van der Waals surface area contributed by atoms with Crippen LogP contribution in [0.2, 0.25) is 0 Å². The largest absolute Gasteiger partial charge is 0.378 e. The number of ketones is 1. The van der Waals surface area contributed by atoms with Crippen molar-refractivity contribution < 1.29 is 28.7 Å². The van der Waals surface area contributed by atoms with Gasteiger partial charge in [-0.25, -0.2) is 4.79 Å². The molecule has 52 heavy (non-hydrogen) atoms. The molecule has 4 atom stereocenters. The van der Waals surface area contributed by atoms with Gasteiger partial charge in [0, 0.05) is 30.6 Å². The van der Waals surface area contributed by atoms with Crippen LogP contribution >= 0.6 is 0 Å². The highest BCUT2D eigenvalue weighted by atomic mass is 16.5. The molecule has 0 radical (unpaired) electrons. The predicted molar refractivity (Wildman–Crippen MR) is 198 cm³/mol. The molecule has 0 aromatic heterocycles. The number of likely N-dealkylation sites (tertiary alicyclic amines) is 1. The third-order valence-electron chi connectivity index (χ3n) is 15.0. The van der Waals surface area contributed by atoms with Gasteiger partial charge >= 0.3 is 6.03 Å². The number of urea groups is 1. The number of fused-ring (bicyclic) bond motifs is 1. The van der Waals surface area contributed by atoms with Crippen LogP contribution in [0.3, 0.4) is 0 Å². The lowest BCUT2D eigenvalue weighted by Crippen LogP contribution is -2.66. The maximum atomic E-state index is 15.0. The Kier molecular flexibility index (Phi) is 10.4. The standard InChI is InChI=1S/C40H66N6O6/c1-35(2,3)30(43-34(51)44-38(15-9-8-10-16-38)23-45-19-20-52-25-36(45,4)5)33(50)46-24-40(37(6,7)39(40)17-12-18-39)22-28(46)32(49)42-27(29(47)31(41)48)21-26-13-11-14-26/h26-28,30H,8-25H2,1-7H3,(H2,41,48)(H,42,49)(H2,43,44,51)/t27?,28-,30+,40+/m0/s1. The number of nitrogens with two attached hydrogens (primary N) is 1. The third kappa shape index (κ3) is 6.77. The Hall–Kier alpha value is -2.73. The molecule has 2 saturated heterocycles. The quantitative estimate of drug-likeness (QED) is 0.234. The van der Waals surface area contributed by atoms with Crippen LogP contribution in [0.15, 0.2) is 0 Å². The number of nitrogens with zero attached hydrogens (tertiary/aromatic N) is 2. The Morgan fingerprint density at radius 1 is 0.885 bits per heavy atom. The van der Waals surface area contributed by atoms with E-state index in [1.807, 2.05) is 20.8 Å². The number of morpholine rings is 1. The van der Waals surface area contributed by atoms with Crippen molar-refractivity contribution in [1.29, 1.82) is 0 Å². The second-order valence-corrected chi connectivity index (χ2v) is 19.7. The molecule has 6 aliphatic rings. The van der Waals surface area contributed by atoms with Crippen molar-refractivity contribution in [3.63, 3.8) is 0 Å². The first-order valence-electron chi connectivity index (χ1n) is 20.1. The third-order valence-corrected chi connectivity index (χ3v) is 15.0. The molecule has 292 valence electrons. The van der Waals surface area contributed by atoms with Crippen LogP contribution in [0, 0.1) is 27.6 Å². The molecule has 12 nitrogen and oxygen atoms in total. The van der Waals surface area contributed by atoms with E-state index in [1.165, 1.54) is 0 Å². The number of hydrogen-bond acceptors (Lipinski definition) is 7. The van der Waals surface area contributed by atoms with E-state index in [2.05, 4.69) is 48.5 Å². The van der Waals surface area contributed by atoms with Crippen molar-refractivity contribution in [2.75, 3.05) is 32.8 Å². The summed E-state index contributed by atoms with van der Waals surface area (Å²) in [4.78, 5) is 72.6.